The van der Waals surface area contributed by atoms with Gasteiger partial charge in [0, 0.05) is 24.1 Å². The van der Waals surface area contributed by atoms with E-state index in [1.54, 1.807) is 23.1 Å². The smallest absolute Gasteiger partial charge is 0.267 e. The summed E-state index contributed by atoms with van der Waals surface area (Å²) in [7, 11) is 0. The average Bonchev–Trinajstić information content (AvgIpc) is 3.68. The third kappa shape index (κ3) is 5.22. The topological polar surface area (TPSA) is 73.1 Å². The number of aromatic nitrogens is 4. The van der Waals surface area contributed by atoms with Crippen molar-refractivity contribution < 1.29 is 4.74 Å². The summed E-state index contributed by atoms with van der Waals surface area (Å²) in [6.07, 6.45) is 9.70. The van der Waals surface area contributed by atoms with Crippen molar-refractivity contribution in [3.05, 3.63) is 70.4 Å². The highest BCUT2D eigenvalue weighted by Crippen LogP contribution is 2.38. The fourth-order valence-corrected chi connectivity index (χ4v) is 4.17. The van der Waals surface area contributed by atoms with Crippen LogP contribution in [-0.2, 0) is 6.54 Å². The highest BCUT2D eigenvalue weighted by molar-refractivity contribution is 5.56. The molecule has 0 N–H and O–H groups in total. The minimum Gasteiger partial charge on any atom is -0.489 e. The van der Waals surface area contributed by atoms with Crippen molar-refractivity contribution in [1.29, 1.82) is 0 Å². The molecule has 1 aromatic carbocycles. The number of nitrogens with zero attached hydrogens (tertiary/aromatic N) is 5. The van der Waals surface area contributed by atoms with Crippen molar-refractivity contribution in [3.8, 4) is 17.1 Å². The molecule has 0 spiro atoms. The quantitative estimate of drug-likeness (QED) is 0.544. The molecule has 3 aromatic rings. The van der Waals surface area contributed by atoms with Crippen molar-refractivity contribution in [2.75, 3.05) is 26.2 Å². The molecule has 1 aliphatic heterocycles. The van der Waals surface area contributed by atoms with Crippen molar-refractivity contribution in [3.63, 3.8) is 0 Å². The second kappa shape index (κ2) is 9.61. The largest absolute Gasteiger partial charge is 0.489 e. The van der Waals surface area contributed by atoms with Gasteiger partial charge in [0.2, 0.25) is 0 Å². The molecule has 5 rings (SSSR count). The molecule has 0 bridgehead atoms. The van der Waals surface area contributed by atoms with E-state index in [1.807, 2.05) is 30.3 Å². The first-order valence-electron chi connectivity index (χ1n) is 11.6. The van der Waals surface area contributed by atoms with E-state index >= 15 is 0 Å². The van der Waals surface area contributed by atoms with Crippen LogP contribution in [0.5, 0.6) is 5.75 Å². The third-order valence-electron chi connectivity index (χ3n) is 6.15. The fourth-order valence-electron chi connectivity index (χ4n) is 4.17. The normalized spacial score (nSPS) is 16.8. The maximum atomic E-state index is 12.3. The number of ether oxygens (including phenoxy) is 1. The van der Waals surface area contributed by atoms with E-state index in [9.17, 15) is 4.79 Å². The average molecular weight is 432 g/mol. The monoisotopic (exact) mass is 431 g/mol. The van der Waals surface area contributed by atoms with E-state index in [4.69, 9.17) is 4.74 Å². The van der Waals surface area contributed by atoms with E-state index < -0.39 is 0 Å². The van der Waals surface area contributed by atoms with Crippen LogP contribution < -0.4 is 10.3 Å². The Hall–Kier alpha value is -3.06. The summed E-state index contributed by atoms with van der Waals surface area (Å²) in [6, 6.07) is 11.4. The Bertz CT molecular complexity index is 1100. The molecule has 1 aliphatic carbocycles. The zero-order chi connectivity index (χ0) is 21.8. The number of likely N-dealkylation sites (tertiary alicyclic amines) is 1. The SMILES string of the molecule is O=c1ccc(C2CC2)nn1Cc1cccc(-c2ncc(OCCN3CCCCC3)cn2)c1. The van der Waals surface area contributed by atoms with Gasteiger partial charge in [0.25, 0.3) is 5.56 Å². The number of hydrogen-bond acceptors (Lipinski definition) is 6. The summed E-state index contributed by atoms with van der Waals surface area (Å²) >= 11 is 0. The minimum atomic E-state index is -0.0814. The molecule has 7 heteroatoms. The predicted molar refractivity (Wildman–Crippen MR) is 123 cm³/mol. The van der Waals surface area contributed by atoms with Crippen LogP contribution in [0.3, 0.4) is 0 Å². The molecule has 32 heavy (non-hydrogen) atoms. The van der Waals surface area contributed by atoms with Gasteiger partial charge in [0.1, 0.15) is 6.61 Å². The standard InChI is InChI=1S/C25H29N5O2/c31-24-10-9-23(20-7-8-20)28-30(24)18-19-5-4-6-21(15-19)25-26-16-22(17-27-25)32-14-13-29-11-2-1-3-12-29/h4-6,9-10,15-17,20H,1-3,7-8,11-14,18H2. The summed E-state index contributed by atoms with van der Waals surface area (Å²) < 4.78 is 7.39. The molecule has 1 saturated carbocycles. The van der Waals surface area contributed by atoms with Crippen LogP contribution in [0.4, 0.5) is 0 Å². The van der Waals surface area contributed by atoms with E-state index in [2.05, 4.69) is 20.0 Å². The summed E-state index contributed by atoms with van der Waals surface area (Å²) in [4.78, 5) is 23.7. The first kappa shape index (κ1) is 20.8. The van der Waals surface area contributed by atoms with E-state index in [0.29, 0.717) is 30.6 Å². The maximum Gasteiger partial charge on any atom is 0.267 e. The second-order valence-electron chi connectivity index (χ2n) is 8.72. The summed E-state index contributed by atoms with van der Waals surface area (Å²) in [5, 5.41) is 4.56. The Morgan fingerprint density at radius 2 is 1.81 bits per heavy atom. The summed E-state index contributed by atoms with van der Waals surface area (Å²) in [5.74, 6) is 1.85. The number of piperidine rings is 1. The zero-order valence-corrected chi connectivity index (χ0v) is 18.3. The zero-order valence-electron chi connectivity index (χ0n) is 18.3. The molecule has 0 unspecified atom stereocenters. The maximum absolute atomic E-state index is 12.3. The molecule has 2 aliphatic rings. The number of benzene rings is 1. The minimum absolute atomic E-state index is 0.0814. The Morgan fingerprint density at radius 1 is 1.00 bits per heavy atom. The third-order valence-corrected chi connectivity index (χ3v) is 6.15. The Balaban J connectivity index is 1.22. The van der Waals surface area contributed by atoms with Gasteiger partial charge in [-0.2, -0.15) is 5.10 Å². The Morgan fingerprint density at radius 3 is 2.59 bits per heavy atom. The van der Waals surface area contributed by atoms with Gasteiger partial charge in [-0.05, 0) is 56.5 Å². The molecular formula is C25H29N5O2. The molecule has 7 nitrogen and oxygen atoms in total. The molecule has 0 atom stereocenters. The fraction of sp³-hybridized carbons (Fsp3) is 0.440. The molecule has 1 saturated heterocycles. The first-order valence-corrected chi connectivity index (χ1v) is 11.6. The van der Waals surface area contributed by atoms with Gasteiger partial charge in [0.15, 0.2) is 11.6 Å². The van der Waals surface area contributed by atoms with E-state index in [0.717, 1.165) is 36.2 Å². The van der Waals surface area contributed by atoms with Crippen LogP contribution in [-0.4, -0.2) is 50.9 Å². The van der Waals surface area contributed by atoms with Crippen LogP contribution in [0.1, 0.15) is 49.3 Å². The highest BCUT2D eigenvalue weighted by atomic mass is 16.5. The van der Waals surface area contributed by atoms with Crippen LogP contribution >= 0.6 is 0 Å². The van der Waals surface area contributed by atoms with E-state index in [1.165, 1.54) is 32.4 Å². The van der Waals surface area contributed by atoms with Gasteiger partial charge in [-0.25, -0.2) is 14.6 Å². The first-order chi connectivity index (χ1) is 15.7. The van der Waals surface area contributed by atoms with Gasteiger partial charge in [-0.15, -0.1) is 0 Å². The highest BCUT2D eigenvalue weighted by Gasteiger charge is 2.25. The summed E-state index contributed by atoms with van der Waals surface area (Å²) in [6.45, 7) is 4.37. The number of rotatable bonds is 8. The van der Waals surface area contributed by atoms with Crippen LogP contribution in [0.15, 0.2) is 53.6 Å². The molecule has 3 heterocycles. The number of hydrogen-bond donors (Lipinski definition) is 0. The van der Waals surface area contributed by atoms with Crippen molar-refractivity contribution in [1.82, 2.24) is 24.6 Å². The summed E-state index contributed by atoms with van der Waals surface area (Å²) in [5.41, 5.74) is 2.84. The second-order valence-corrected chi connectivity index (χ2v) is 8.72. The van der Waals surface area contributed by atoms with Crippen molar-refractivity contribution in [2.24, 2.45) is 0 Å². The lowest BCUT2D eigenvalue weighted by molar-refractivity contribution is 0.183. The lowest BCUT2D eigenvalue weighted by Gasteiger charge is -2.26. The Labute approximate surface area is 188 Å². The van der Waals surface area contributed by atoms with Gasteiger partial charge in [0.05, 0.1) is 24.6 Å². The van der Waals surface area contributed by atoms with Gasteiger partial charge < -0.3 is 4.74 Å². The van der Waals surface area contributed by atoms with Crippen molar-refractivity contribution in [2.45, 2.75) is 44.6 Å². The lowest BCUT2D eigenvalue weighted by Crippen LogP contribution is -2.33. The van der Waals surface area contributed by atoms with Crippen molar-refractivity contribution >= 4 is 0 Å². The van der Waals surface area contributed by atoms with Gasteiger partial charge in [-0.1, -0.05) is 24.6 Å². The lowest BCUT2D eigenvalue weighted by atomic mass is 10.1. The molecular weight excluding hydrogens is 402 g/mol. The molecule has 0 amide bonds. The molecule has 2 fully saturated rings. The van der Waals surface area contributed by atoms with E-state index in [-0.39, 0.29) is 5.56 Å². The van der Waals surface area contributed by atoms with Crippen LogP contribution in [0.25, 0.3) is 11.4 Å². The van der Waals surface area contributed by atoms with Crippen LogP contribution in [0, 0.1) is 0 Å². The van der Waals surface area contributed by atoms with Gasteiger partial charge in [-0.3, -0.25) is 9.69 Å². The van der Waals surface area contributed by atoms with Gasteiger partial charge >= 0.3 is 0 Å². The Kier molecular flexibility index (Phi) is 6.25. The molecule has 0 radical (unpaired) electrons. The molecule has 2 aromatic heterocycles. The molecule has 166 valence electrons. The predicted octanol–water partition coefficient (Wildman–Crippen LogP) is 3.49. The van der Waals surface area contributed by atoms with Crippen LogP contribution in [0.2, 0.25) is 0 Å².